The lowest BCUT2D eigenvalue weighted by atomic mass is 10.0. The highest BCUT2D eigenvalue weighted by molar-refractivity contribution is 9.10. The van der Waals surface area contributed by atoms with Crippen molar-refractivity contribution in [3.05, 3.63) is 45.0 Å². The van der Waals surface area contributed by atoms with E-state index in [0.717, 1.165) is 23.2 Å². The molecule has 2 rings (SSSR count). The molecule has 19 heavy (non-hydrogen) atoms. The molecule has 0 aliphatic rings. The van der Waals surface area contributed by atoms with E-state index in [2.05, 4.69) is 46.2 Å². The monoisotopic (exact) mass is 342 g/mol. The van der Waals surface area contributed by atoms with E-state index in [1.54, 1.807) is 17.6 Å². The third kappa shape index (κ3) is 3.69. The van der Waals surface area contributed by atoms with Crippen LogP contribution >= 0.6 is 27.3 Å². The quantitative estimate of drug-likeness (QED) is 0.862. The first kappa shape index (κ1) is 14.8. The number of likely N-dealkylation sites (N-methyl/N-ethyl adjacent to an activating group) is 1. The summed E-state index contributed by atoms with van der Waals surface area (Å²) in [7, 11) is 2.09. The second-order valence-corrected chi connectivity index (χ2v) is 6.59. The Morgan fingerprint density at radius 1 is 1.53 bits per heavy atom. The lowest BCUT2D eigenvalue weighted by Crippen LogP contribution is -2.38. The third-order valence-electron chi connectivity index (χ3n) is 3.21. The number of furan rings is 1. The topological polar surface area (TPSA) is 42.4 Å². The summed E-state index contributed by atoms with van der Waals surface area (Å²) in [5.74, 6) is 0.937. The lowest BCUT2D eigenvalue weighted by Gasteiger charge is -2.30. The predicted octanol–water partition coefficient (Wildman–Crippen LogP) is 4.01. The fraction of sp³-hybridized carbons (Fsp3) is 0.429. The van der Waals surface area contributed by atoms with Gasteiger partial charge in [0.2, 0.25) is 0 Å². The smallest absolute Gasteiger partial charge is 0.122 e. The Labute approximate surface area is 126 Å². The standard InChI is InChI=1S/C14H19BrN2OS/c1-3-12(16)14(13-5-4-6-18-13)17(2)8-11-7-10(15)9-19-11/h4-7,9,12,14H,3,8,16H2,1-2H3. The summed E-state index contributed by atoms with van der Waals surface area (Å²) in [6.07, 6.45) is 2.63. The molecule has 3 nitrogen and oxygen atoms in total. The van der Waals surface area contributed by atoms with Crippen molar-refractivity contribution in [1.82, 2.24) is 4.90 Å². The number of hydrogen-bond acceptors (Lipinski definition) is 4. The Kier molecular flexibility index (Phi) is 5.21. The maximum Gasteiger partial charge on any atom is 0.122 e. The van der Waals surface area contributed by atoms with Gasteiger partial charge in [-0.2, -0.15) is 0 Å². The molecule has 104 valence electrons. The van der Waals surface area contributed by atoms with Gasteiger partial charge in [-0.15, -0.1) is 11.3 Å². The molecule has 0 bridgehead atoms. The van der Waals surface area contributed by atoms with Gasteiger partial charge in [0.15, 0.2) is 0 Å². The molecule has 0 spiro atoms. The van der Waals surface area contributed by atoms with Crippen molar-refractivity contribution in [1.29, 1.82) is 0 Å². The van der Waals surface area contributed by atoms with Crippen LogP contribution in [-0.2, 0) is 6.54 Å². The van der Waals surface area contributed by atoms with Crippen molar-refractivity contribution >= 4 is 27.3 Å². The number of halogens is 1. The van der Waals surface area contributed by atoms with Gasteiger partial charge in [-0.3, -0.25) is 4.90 Å². The van der Waals surface area contributed by atoms with Crippen LogP contribution in [0.1, 0.15) is 30.0 Å². The normalized spacial score (nSPS) is 14.8. The van der Waals surface area contributed by atoms with Crippen LogP contribution in [0, 0.1) is 0 Å². The molecule has 2 aromatic rings. The fourth-order valence-corrected chi connectivity index (χ4v) is 3.73. The summed E-state index contributed by atoms with van der Waals surface area (Å²) in [5.41, 5.74) is 6.26. The Morgan fingerprint density at radius 3 is 2.84 bits per heavy atom. The average Bonchev–Trinajstić information content (AvgIpc) is 3.01. The van der Waals surface area contributed by atoms with E-state index >= 15 is 0 Å². The molecule has 0 aromatic carbocycles. The lowest BCUT2D eigenvalue weighted by molar-refractivity contribution is 0.177. The highest BCUT2D eigenvalue weighted by Gasteiger charge is 2.25. The maximum atomic E-state index is 6.26. The van der Waals surface area contributed by atoms with Crippen LogP contribution in [0.2, 0.25) is 0 Å². The summed E-state index contributed by atoms with van der Waals surface area (Å²) in [5, 5.41) is 2.10. The van der Waals surface area contributed by atoms with E-state index in [-0.39, 0.29) is 12.1 Å². The van der Waals surface area contributed by atoms with Gasteiger partial charge in [-0.05, 0) is 47.6 Å². The Balaban J connectivity index is 2.14. The van der Waals surface area contributed by atoms with Gasteiger partial charge in [-0.25, -0.2) is 0 Å². The van der Waals surface area contributed by atoms with E-state index in [1.807, 2.05) is 12.1 Å². The van der Waals surface area contributed by atoms with Gasteiger partial charge in [0.1, 0.15) is 5.76 Å². The number of hydrogen-bond donors (Lipinski definition) is 1. The van der Waals surface area contributed by atoms with Crippen molar-refractivity contribution in [3.8, 4) is 0 Å². The van der Waals surface area contributed by atoms with Crippen molar-refractivity contribution in [3.63, 3.8) is 0 Å². The van der Waals surface area contributed by atoms with E-state index < -0.39 is 0 Å². The molecule has 2 aromatic heterocycles. The van der Waals surface area contributed by atoms with E-state index in [9.17, 15) is 0 Å². The zero-order valence-electron chi connectivity index (χ0n) is 11.2. The molecule has 0 aliphatic heterocycles. The Hall–Kier alpha value is -0.620. The van der Waals surface area contributed by atoms with Crippen molar-refractivity contribution in [2.45, 2.75) is 32.0 Å². The minimum absolute atomic E-state index is 0.0690. The molecule has 0 amide bonds. The number of thiophene rings is 1. The van der Waals surface area contributed by atoms with Crippen molar-refractivity contribution < 1.29 is 4.42 Å². The van der Waals surface area contributed by atoms with Gasteiger partial charge >= 0.3 is 0 Å². The second-order valence-electron chi connectivity index (χ2n) is 4.68. The molecule has 0 aliphatic carbocycles. The molecule has 0 radical (unpaired) electrons. The van der Waals surface area contributed by atoms with Gasteiger partial charge in [0.25, 0.3) is 0 Å². The molecule has 2 atom stereocenters. The van der Waals surface area contributed by atoms with Gasteiger partial charge in [-0.1, -0.05) is 6.92 Å². The van der Waals surface area contributed by atoms with E-state index in [4.69, 9.17) is 10.2 Å². The molecule has 2 N–H and O–H groups in total. The molecular weight excluding hydrogens is 324 g/mol. The summed E-state index contributed by atoms with van der Waals surface area (Å²) in [6.45, 7) is 2.98. The Morgan fingerprint density at radius 2 is 2.32 bits per heavy atom. The van der Waals surface area contributed by atoms with Crippen LogP contribution in [0.15, 0.2) is 38.7 Å². The van der Waals surface area contributed by atoms with Crippen LogP contribution in [0.5, 0.6) is 0 Å². The summed E-state index contributed by atoms with van der Waals surface area (Å²) in [6, 6.07) is 6.25. The second kappa shape index (κ2) is 6.70. The molecule has 2 heterocycles. The molecular formula is C14H19BrN2OS. The molecule has 5 heteroatoms. The first-order valence-electron chi connectivity index (χ1n) is 6.34. The number of nitrogens with zero attached hydrogens (tertiary/aromatic N) is 1. The van der Waals surface area contributed by atoms with Gasteiger partial charge in [0, 0.05) is 27.3 Å². The van der Waals surface area contributed by atoms with E-state index in [0.29, 0.717) is 0 Å². The number of rotatable bonds is 6. The Bertz CT molecular complexity index is 497. The van der Waals surface area contributed by atoms with Crippen LogP contribution in [-0.4, -0.2) is 18.0 Å². The molecule has 0 saturated carbocycles. The zero-order valence-corrected chi connectivity index (χ0v) is 13.6. The highest BCUT2D eigenvalue weighted by atomic mass is 79.9. The molecule has 0 fully saturated rings. The third-order valence-corrected chi connectivity index (χ3v) is 4.90. The average molecular weight is 343 g/mol. The summed E-state index contributed by atoms with van der Waals surface area (Å²) >= 11 is 5.24. The fourth-order valence-electron chi connectivity index (χ4n) is 2.22. The highest BCUT2D eigenvalue weighted by Crippen LogP contribution is 2.28. The summed E-state index contributed by atoms with van der Waals surface area (Å²) in [4.78, 5) is 3.57. The van der Waals surface area contributed by atoms with Crippen molar-refractivity contribution in [2.75, 3.05) is 7.05 Å². The first-order chi connectivity index (χ1) is 9.11. The minimum Gasteiger partial charge on any atom is -0.468 e. The van der Waals surface area contributed by atoms with E-state index in [1.165, 1.54) is 4.88 Å². The summed E-state index contributed by atoms with van der Waals surface area (Å²) < 4.78 is 6.69. The van der Waals surface area contributed by atoms with Crippen LogP contribution < -0.4 is 5.73 Å². The molecule has 2 unspecified atom stereocenters. The maximum absolute atomic E-state index is 6.26. The van der Waals surface area contributed by atoms with Crippen LogP contribution in [0.25, 0.3) is 0 Å². The SMILES string of the molecule is CCC(N)C(c1ccco1)N(C)Cc1cc(Br)cs1. The predicted molar refractivity (Wildman–Crippen MR) is 83.2 cm³/mol. The largest absolute Gasteiger partial charge is 0.468 e. The molecule has 0 saturated heterocycles. The number of nitrogens with two attached hydrogens (primary N) is 1. The first-order valence-corrected chi connectivity index (χ1v) is 8.01. The minimum atomic E-state index is 0.0690. The van der Waals surface area contributed by atoms with Crippen LogP contribution in [0.3, 0.4) is 0 Å². The van der Waals surface area contributed by atoms with Gasteiger partial charge in [0.05, 0.1) is 12.3 Å². The zero-order chi connectivity index (χ0) is 13.8. The van der Waals surface area contributed by atoms with Gasteiger partial charge < -0.3 is 10.2 Å². The van der Waals surface area contributed by atoms with Crippen LogP contribution in [0.4, 0.5) is 0 Å². The van der Waals surface area contributed by atoms with Crippen molar-refractivity contribution in [2.24, 2.45) is 5.73 Å².